The molecule has 1 aromatic carbocycles. The predicted octanol–water partition coefficient (Wildman–Crippen LogP) is 5.49. The monoisotopic (exact) mass is 458 g/mol. The first-order valence-corrected chi connectivity index (χ1v) is 12.6. The molecule has 0 amide bonds. The van der Waals surface area contributed by atoms with Crippen molar-refractivity contribution in [1.82, 2.24) is 0 Å². The van der Waals surface area contributed by atoms with Gasteiger partial charge in [-0.25, -0.2) is 4.79 Å². The molecule has 6 nitrogen and oxygen atoms in total. The molecule has 0 heterocycles. The Balaban J connectivity index is 1.63. The molecule has 2 fully saturated rings. The molecule has 0 radical (unpaired) electrons. The third-order valence-electron chi connectivity index (χ3n) is 7.19. The highest BCUT2D eigenvalue weighted by Crippen LogP contribution is 2.30. The molecule has 2 saturated carbocycles. The summed E-state index contributed by atoms with van der Waals surface area (Å²) in [6.07, 6.45) is 10.5. The molecule has 1 aromatic rings. The third kappa shape index (κ3) is 7.58. The average Bonchev–Trinajstić information content (AvgIpc) is 2.89. The lowest BCUT2D eigenvalue weighted by Gasteiger charge is -2.32. The first kappa shape index (κ1) is 25.3. The van der Waals surface area contributed by atoms with E-state index < -0.39 is 11.4 Å². The SMILES string of the molecule is CCC(COC(=O)c1ccccc1)(COC(=O)C1CCCCC1)COC(=O)C1CCCCC1. The van der Waals surface area contributed by atoms with Gasteiger partial charge in [0.05, 0.1) is 22.8 Å². The highest BCUT2D eigenvalue weighted by molar-refractivity contribution is 5.89. The number of ether oxygens (including phenoxy) is 3. The first-order valence-electron chi connectivity index (χ1n) is 12.6. The predicted molar refractivity (Wildman–Crippen MR) is 125 cm³/mol. The van der Waals surface area contributed by atoms with Crippen LogP contribution in [0.1, 0.15) is 87.9 Å². The van der Waals surface area contributed by atoms with Gasteiger partial charge in [-0.3, -0.25) is 9.59 Å². The van der Waals surface area contributed by atoms with Crippen LogP contribution in [0.25, 0.3) is 0 Å². The van der Waals surface area contributed by atoms with E-state index in [4.69, 9.17) is 14.2 Å². The Labute approximate surface area is 197 Å². The number of carbonyl (C=O) groups is 3. The van der Waals surface area contributed by atoms with Crippen LogP contribution in [-0.4, -0.2) is 37.7 Å². The van der Waals surface area contributed by atoms with Gasteiger partial charge in [-0.05, 0) is 44.2 Å². The molecular weight excluding hydrogens is 420 g/mol. The summed E-state index contributed by atoms with van der Waals surface area (Å²) in [5.74, 6) is -0.957. The van der Waals surface area contributed by atoms with E-state index in [9.17, 15) is 14.4 Å². The summed E-state index contributed by atoms with van der Waals surface area (Å²) >= 11 is 0. The van der Waals surface area contributed by atoms with Crippen LogP contribution < -0.4 is 0 Å². The van der Waals surface area contributed by atoms with Crippen molar-refractivity contribution in [2.45, 2.75) is 77.6 Å². The minimum Gasteiger partial charge on any atom is -0.465 e. The normalized spacial score (nSPS) is 17.8. The summed E-state index contributed by atoms with van der Waals surface area (Å²) in [6.45, 7) is 2.10. The van der Waals surface area contributed by atoms with E-state index in [-0.39, 0.29) is 43.6 Å². The van der Waals surface area contributed by atoms with E-state index >= 15 is 0 Å². The van der Waals surface area contributed by atoms with E-state index in [1.54, 1.807) is 24.3 Å². The van der Waals surface area contributed by atoms with E-state index in [1.165, 1.54) is 0 Å². The maximum atomic E-state index is 12.7. The van der Waals surface area contributed by atoms with Gasteiger partial charge in [0.25, 0.3) is 0 Å². The topological polar surface area (TPSA) is 78.9 Å². The summed E-state index contributed by atoms with van der Waals surface area (Å²) in [4.78, 5) is 37.9. The Morgan fingerprint density at radius 2 is 1.18 bits per heavy atom. The number of esters is 3. The summed E-state index contributed by atoms with van der Waals surface area (Å²) in [6, 6.07) is 8.79. The quantitative estimate of drug-likeness (QED) is 0.341. The van der Waals surface area contributed by atoms with Crippen molar-refractivity contribution in [3.05, 3.63) is 35.9 Å². The van der Waals surface area contributed by atoms with Crippen LogP contribution in [0.2, 0.25) is 0 Å². The molecule has 0 bridgehead atoms. The minimum atomic E-state index is -0.765. The van der Waals surface area contributed by atoms with Crippen LogP contribution in [0.4, 0.5) is 0 Å². The van der Waals surface area contributed by atoms with Gasteiger partial charge in [-0.2, -0.15) is 0 Å². The Kier molecular flexibility index (Phi) is 9.76. The van der Waals surface area contributed by atoms with Gasteiger partial charge in [-0.1, -0.05) is 63.6 Å². The molecule has 182 valence electrons. The van der Waals surface area contributed by atoms with Crippen LogP contribution in [0.3, 0.4) is 0 Å². The molecule has 0 unspecified atom stereocenters. The zero-order chi connectivity index (χ0) is 23.5. The fourth-order valence-corrected chi connectivity index (χ4v) is 4.67. The summed E-state index contributed by atoms with van der Waals surface area (Å²) in [7, 11) is 0. The van der Waals surface area contributed by atoms with Crippen LogP contribution >= 0.6 is 0 Å². The summed E-state index contributed by atoms with van der Waals surface area (Å²) in [5.41, 5.74) is -0.306. The average molecular weight is 459 g/mol. The van der Waals surface area contributed by atoms with E-state index in [0.717, 1.165) is 64.2 Å². The Morgan fingerprint density at radius 3 is 1.64 bits per heavy atom. The fraction of sp³-hybridized carbons (Fsp3) is 0.667. The van der Waals surface area contributed by atoms with Crippen LogP contribution in [-0.2, 0) is 23.8 Å². The summed E-state index contributed by atoms with van der Waals surface area (Å²) in [5, 5.41) is 0. The van der Waals surface area contributed by atoms with Gasteiger partial charge in [0, 0.05) is 0 Å². The Bertz CT molecular complexity index is 728. The number of hydrogen-bond acceptors (Lipinski definition) is 6. The summed E-state index contributed by atoms with van der Waals surface area (Å²) < 4.78 is 17.1. The van der Waals surface area contributed by atoms with Crippen LogP contribution in [0.15, 0.2) is 30.3 Å². The number of hydrogen-bond donors (Lipinski definition) is 0. The van der Waals surface area contributed by atoms with Gasteiger partial charge in [-0.15, -0.1) is 0 Å². The maximum Gasteiger partial charge on any atom is 0.338 e. The van der Waals surface area contributed by atoms with Crippen molar-refractivity contribution in [2.75, 3.05) is 19.8 Å². The Hall–Kier alpha value is -2.37. The fourth-order valence-electron chi connectivity index (χ4n) is 4.67. The molecule has 3 rings (SSSR count). The highest BCUT2D eigenvalue weighted by Gasteiger charge is 2.36. The zero-order valence-electron chi connectivity index (χ0n) is 19.9. The van der Waals surface area contributed by atoms with E-state index in [2.05, 4.69) is 0 Å². The molecule has 0 aromatic heterocycles. The molecule has 0 spiro atoms. The number of benzene rings is 1. The van der Waals surface area contributed by atoms with Crippen LogP contribution in [0.5, 0.6) is 0 Å². The molecule has 0 saturated heterocycles. The lowest BCUT2D eigenvalue weighted by molar-refractivity contribution is -0.162. The van der Waals surface area contributed by atoms with Crippen molar-refractivity contribution in [2.24, 2.45) is 17.3 Å². The Morgan fingerprint density at radius 1 is 0.727 bits per heavy atom. The van der Waals surface area contributed by atoms with Gasteiger partial charge < -0.3 is 14.2 Å². The van der Waals surface area contributed by atoms with E-state index in [0.29, 0.717) is 12.0 Å². The largest absolute Gasteiger partial charge is 0.465 e. The van der Waals surface area contributed by atoms with Crippen molar-refractivity contribution in [3.63, 3.8) is 0 Å². The molecule has 2 aliphatic rings. The smallest absolute Gasteiger partial charge is 0.338 e. The third-order valence-corrected chi connectivity index (χ3v) is 7.19. The lowest BCUT2D eigenvalue weighted by Crippen LogP contribution is -2.40. The highest BCUT2D eigenvalue weighted by atomic mass is 16.6. The molecule has 0 N–H and O–H groups in total. The minimum absolute atomic E-state index is 0.0210. The van der Waals surface area contributed by atoms with Crippen molar-refractivity contribution in [1.29, 1.82) is 0 Å². The molecule has 6 heteroatoms. The second kappa shape index (κ2) is 12.8. The van der Waals surface area contributed by atoms with Crippen molar-refractivity contribution in [3.8, 4) is 0 Å². The number of rotatable bonds is 10. The van der Waals surface area contributed by atoms with Gasteiger partial charge >= 0.3 is 17.9 Å². The second-order valence-electron chi connectivity index (χ2n) is 9.68. The van der Waals surface area contributed by atoms with Crippen molar-refractivity contribution >= 4 is 17.9 Å². The first-order chi connectivity index (χ1) is 16.0. The number of carbonyl (C=O) groups excluding carboxylic acids is 3. The van der Waals surface area contributed by atoms with Crippen molar-refractivity contribution < 1.29 is 28.6 Å². The second-order valence-corrected chi connectivity index (χ2v) is 9.68. The maximum absolute atomic E-state index is 12.7. The zero-order valence-corrected chi connectivity index (χ0v) is 19.9. The van der Waals surface area contributed by atoms with Gasteiger partial charge in [0.1, 0.15) is 19.8 Å². The molecular formula is C27H38O6. The molecule has 2 aliphatic carbocycles. The van der Waals surface area contributed by atoms with Gasteiger partial charge in [0.2, 0.25) is 0 Å². The van der Waals surface area contributed by atoms with Crippen LogP contribution in [0, 0.1) is 17.3 Å². The van der Waals surface area contributed by atoms with Gasteiger partial charge in [0.15, 0.2) is 0 Å². The lowest BCUT2D eigenvalue weighted by atomic mass is 9.86. The standard InChI is InChI=1S/C27H38O6/c1-2-27(18-31-24(28)21-12-6-3-7-13-21,19-32-25(29)22-14-8-4-9-15-22)20-33-26(30)23-16-10-5-11-17-23/h3,6-7,12-13,22-23H,2,4-5,8-11,14-20H2,1H3. The molecule has 0 aliphatic heterocycles. The van der Waals surface area contributed by atoms with E-state index in [1.807, 2.05) is 13.0 Å². The molecule has 33 heavy (non-hydrogen) atoms. The molecule has 0 atom stereocenters.